The summed E-state index contributed by atoms with van der Waals surface area (Å²) in [6.45, 7) is 4.80. The van der Waals surface area contributed by atoms with E-state index in [-0.39, 0.29) is 11.6 Å². The summed E-state index contributed by atoms with van der Waals surface area (Å²) in [4.78, 5) is 18.2. The largest absolute Gasteiger partial charge is 0.328 e. The van der Waals surface area contributed by atoms with Crippen LogP contribution >= 0.6 is 0 Å². The maximum absolute atomic E-state index is 12.2. The van der Waals surface area contributed by atoms with Crippen molar-refractivity contribution in [1.82, 2.24) is 20.2 Å². The molecule has 3 rings (SSSR count). The zero-order valence-corrected chi connectivity index (χ0v) is 10.2. The molecular formula is C12H12N4O2. The lowest BCUT2D eigenvalue weighted by molar-refractivity contribution is 0.0739. The Morgan fingerprint density at radius 1 is 1.28 bits per heavy atom. The summed E-state index contributed by atoms with van der Waals surface area (Å²) in [6.07, 6.45) is 1.83. The second-order valence-electron chi connectivity index (χ2n) is 4.45. The lowest BCUT2D eigenvalue weighted by atomic mass is 10.2. The molecule has 0 atom stereocenters. The van der Waals surface area contributed by atoms with Crippen LogP contribution in [0.3, 0.4) is 0 Å². The number of aromatic nitrogens is 3. The molecule has 3 heterocycles. The number of pyridine rings is 1. The zero-order valence-electron chi connectivity index (χ0n) is 10.2. The Balaban J connectivity index is 1.86. The molecule has 2 aromatic rings. The Bertz CT molecular complexity index is 620. The summed E-state index contributed by atoms with van der Waals surface area (Å²) in [7, 11) is 0. The minimum Gasteiger partial charge on any atom is -0.328 e. The molecule has 0 spiro atoms. The SMILES string of the molecule is Cc1cc2c(cn1)CN(C(=O)c1nonc1C)C2. The predicted octanol–water partition coefficient (Wildman–Crippen LogP) is 1.24. The number of aryl methyl sites for hydroxylation is 2. The van der Waals surface area contributed by atoms with Crippen molar-refractivity contribution in [2.24, 2.45) is 0 Å². The molecule has 0 saturated heterocycles. The quantitative estimate of drug-likeness (QED) is 0.754. The lowest BCUT2D eigenvalue weighted by Gasteiger charge is -2.12. The van der Waals surface area contributed by atoms with Crippen LogP contribution in [0, 0.1) is 13.8 Å². The fourth-order valence-corrected chi connectivity index (χ4v) is 2.12. The summed E-state index contributed by atoms with van der Waals surface area (Å²) in [6, 6.07) is 2.01. The normalized spacial score (nSPS) is 13.8. The van der Waals surface area contributed by atoms with Crippen LogP contribution in [0.2, 0.25) is 0 Å². The minimum atomic E-state index is -0.150. The molecule has 0 aliphatic carbocycles. The highest BCUT2D eigenvalue weighted by Gasteiger charge is 2.27. The van der Waals surface area contributed by atoms with E-state index in [1.807, 2.05) is 19.2 Å². The standard InChI is InChI=1S/C12H12N4O2/c1-7-3-9-5-16(6-10(9)4-13-7)12(17)11-8(2)14-18-15-11/h3-4H,5-6H2,1-2H3. The number of nitrogens with zero attached hydrogens (tertiary/aromatic N) is 4. The molecule has 1 aliphatic heterocycles. The van der Waals surface area contributed by atoms with Crippen LogP contribution in [-0.4, -0.2) is 26.1 Å². The van der Waals surface area contributed by atoms with Gasteiger partial charge in [-0.1, -0.05) is 5.16 Å². The molecule has 6 nitrogen and oxygen atoms in total. The maximum Gasteiger partial charge on any atom is 0.278 e. The summed E-state index contributed by atoms with van der Waals surface area (Å²) in [5, 5.41) is 7.27. The van der Waals surface area contributed by atoms with Gasteiger partial charge in [0.15, 0.2) is 5.69 Å². The van der Waals surface area contributed by atoms with Crippen LogP contribution in [0.5, 0.6) is 0 Å². The molecule has 0 unspecified atom stereocenters. The Labute approximate surface area is 104 Å². The lowest BCUT2D eigenvalue weighted by Crippen LogP contribution is -2.26. The number of hydrogen-bond acceptors (Lipinski definition) is 5. The van der Waals surface area contributed by atoms with Crippen LogP contribution in [0.15, 0.2) is 16.9 Å². The molecule has 1 amide bonds. The first kappa shape index (κ1) is 10.9. The number of carbonyl (C=O) groups excluding carboxylic acids is 1. The monoisotopic (exact) mass is 244 g/mol. The van der Waals surface area contributed by atoms with Gasteiger partial charge >= 0.3 is 0 Å². The molecule has 6 heteroatoms. The topological polar surface area (TPSA) is 72.1 Å². The Morgan fingerprint density at radius 3 is 2.78 bits per heavy atom. The number of amides is 1. The molecular weight excluding hydrogens is 232 g/mol. The summed E-state index contributed by atoms with van der Waals surface area (Å²) >= 11 is 0. The van der Waals surface area contributed by atoms with Gasteiger partial charge in [0.25, 0.3) is 5.91 Å². The zero-order chi connectivity index (χ0) is 12.7. The van der Waals surface area contributed by atoms with Crippen molar-refractivity contribution in [2.75, 3.05) is 0 Å². The van der Waals surface area contributed by atoms with Crippen molar-refractivity contribution < 1.29 is 9.42 Å². The molecule has 18 heavy (non-hydrogen) atoms. The summed E-state index contributed by atoms with van der Waals surface area (Å²) < 4.78 is 4.56. The first-order valence-corrected chi connectivity index (χ1v) is 5.68. The summed E-state index contributed by atoms with van der Waals surface area (Å²) in [5.41, 5.74) is 3.99. The Kier molecular flexibility index (Phi) is 2.36. The molecule has 0 N–H and O–H groups in total. The van der Waals surface area contributed by atoms with Crippen LogP contribution in [0.1, 0.15) is 33.0 Å². The molecule has 0 radical (unpaired) electrons. The Hall–Kier alpha value is -2.24. The van der Waals surface area contributed by atoms with Crippen molar-refractivity contribution in [2.45, 2.75) is 26.9 Å². The fraction of sp³-hybridized carbons (Fsp3) is 0.333. The van der Waals surface area contributed by atoms with Crippen molar-refractivity contribution in [3.63, 3.8) is 0 Å². The van der Waals surface area contributed by atoms with E-state index in [0.29, 0.717) is 18.8 Å². The second kappa shape index (κ2) is 3.90. The maximum atomic E-state index is 12.2. The van der Waals surface area contributed by atoms with Gasteiger partial charge in [-0.15, -0.1) is 0 Å². The van der Waals surface area contributed by atoms with Gasteiger partial charge in [-0.25, -0.2) is 4.63 Å². The number of rotatable bonds is 1. The van der Waals surface area contributed by atoms with Gasteiger partial charge in [0.2, 0.25) is 0 Å². The third-order valence-electron chi connectivity index (χ3n) is 3.08. The highest BCUT2D eigenvalue weighted by atomic mass is 16.6. The van der Waals surface area contributed by atoms with Crippen molar-refractivity contribution in [3.8, 4) is 0 Å². The predicted molar refractivity (Wildman–Crippen MR) is 61.6 cm³/mol. The highest BCUT2D eigenvalue weighted by Crippen LogP contribution is 2.24. The van der Waals surface area contributed by atoms with Crippen LogP contribution < -0.4 is 0 Å². The third kappa shape index (κ3) is 1.66. The van der Waals surface area contributed by atoms with E-state index in [1.165, 1.54) is 0 Å². The highest BCUT2D eigenvalue weighted by molar-refractivity contribution is 5.93. The molecule has 92 valence electrons. The number of hydrogen-bond donors (Lipinski definition) is 0. The van der Waals surface area contributed by atoms with Gasteiger partial charge in [0.1, 0.15) is 5.69 Å². The van der Waals surface area contributed by atoms with E-state index in [1.54, 1.807) is 11.8 Å². The van der Waals surface area contributed by atoms with Crippen molar-refractivity contribution in [3.05, 3.63) is 40.5 Å². The molecule has 0 aromatic carbocycles. The first-order chi connectivity index (χ1) is 8.65. The molecule has 0 saturated carbocycles. The molecule has 0 fully saturated rings. The average Bonchev–Trinajstić information content (AvgIpc) is 2.93. The van der Waals surface area contributed by atoms with Gasteiger partial charge in [0.05, 0.1) is 0 Å². The minimum absolute atomic E-state index is 0.150. The van der Waals surface area contributed by atoms with E-state index < -0.39 is 0 Å². The van der Waals surface area contributed by atoms with Crippen LogP contribution in [0.4, 0.5) is 0 Å². The van der Waals surface area contributed by atoms with Gasteiger partial charge < -0.3 is 4.90 Å². The van der Waals surface area contributed by atoms with E-state index in [0.717, 1.165) is 16.8 Å². The smallest absolute Gasteiger partial charge is 0.278 e. The Morgan fingerprint density at radius 2 is 2.06 bits per heavy atom. The number of fused-ring (bicyclic) bond motifs is 1. The van der Waals surface area contributed by atoms with Gasteiger partial charge in [-0.05, 0) is 36.2 Å². The summed E-state index contributed by atoms with van der Waals surface area (Å²) in [5.74, 6) is -0.150. The van der Waals surface area contributed by atoms with Gasteiger partial charge in [-0.3, -0.25) is 9.78 Å². The van der Waals surface area contributed by atoms with Crippen molar-refractivity contribution in [1.29, 1.82) is 0 Å². The number of carbonyl (C=O) groups is 1. The van der Waals surface area contributed by atoms with Gasteiger partial charge in [0, 0.05) is 25.0 Å². The van der Waals surface area contributed by atoms with E-state index in [9.17, 15) is 4.79 Å². The third-order valence-corrected chi connectivity index (χ3v) is 3.08. The second-order valence-corrected chi connectivity index (χ2v) is 4.45. The molecule has 0 bridgehead atoms. The van der Waals surface area contributed by atoms with E-state index in [2.05, 4.69) is 19.9 Å². The van der Waals surface area contributed by atoms with Crippen LogP contribution in [0.25, 0.3) is 0 Å². The van der Waals surface area contributed by atoms with E-state index in [4.69, 9.17) is 0 Å². The van der Waals surface area contributed by atoms with Crippen molar-refractivity contribution >= 4 is 5.91 Å². The average molecular weight is 244 g/mol. The van der Waals surface area contributed by atoms with Gasteiger partial charge in [-0.2, -0.15) is 0 Å². The first-order valence-electron chi connectivity index (χ1n) is 5.68. The van der Waals surface area contributed by atoms with E-state index >= 15 is 0 Å². The van der Waals surface area contributed by atoms with Crippen LogP contribution in [-0.2, 0) is 13.1 Å². The molecule has 2 aromatic heterocycles. The fourth-order valence-electron chi connectivity index (χ4n) is 2.12. The molecule has 1 aliphatic rings.